The number of hydrogen-bond acceptors (Lipinski definition) is 4. The highest BCUT2D eigenvalue weighted by atomic mass is 16.1. The number of carbonyl (C=O) groups excluding carboxylic acids is 1. The van der Waals surface area contributed by atoms with E-state index in [1.807, 2.05) is 13.8 Å². The van der Waals surface area contributed by atoms with E-state index < -0.39 is 0 Å². The first-order chi connectivity index (χ1) is 8.66. The van der Waals surface area contributed by atoms with Gasteiger partial charge in [-0.2, -0.15) is 10.2 Å². The van der Waals surface area contributed by atoms with Gasteiger partial charge < -0.3 is 10.6 Å². The van der Waals surface area contributed by atoms with Crippen LogP contribution in [-0.2, 0) is 0 Å². The van der Waals surface area contributed by atoms with Crippen LogP contribution in [0, 0.1) is 19.8 Å². The summed E-state index contributed by atoms with van der Waals surface area (Å²) in [6.07, 6.45) is 2.25. The molecular weight excluding hydrogens is 228 g/mol. The lowest BCUT2D eigenvalue weighted by molar-refractivity contribution is 0.0950. The van der Waals surface area contributed by atoms with Crippen LogP contribution in [0.15, 0.2) is 6.07 Å². The Bertz CT molecular complexity index is 427. The van der Waals surface area contributed by atoms with Crippen molar-refractivity contribution >= 4 is 5.91 Å². The summed E-state index contributed by atoms with van der Waals surface area (Å²) in [6, 6.07) is 1.79. The molecule has 1 aromatic rings. The molecule has 0 aromatic carbocycles. The van der Waals surface area contributed by atoms with Crippen molar-refractivity contribution in [3.8, 4) is 0 Å². The zero-order valence-corrected chi connectivity index (χ0v) is 11.0. The van der Waals surface area contributed by atoms with Crippen molar-refractivity contribution in [2.24, 2.45) is 5.92 Å². The summed E-state index contributed by atoms with van der Waals surface area (Å²) >= 11 is 0. The highest BCUT2D eigenvalue weighted by molar-refractivity contribution is 5.95. The minimum Gasteiger partial charge on any atom is -0.352 e. The zero-order valence-electron chi connectivity index (χ0n) is 11.0. The van der Waals surface area contributed by atoms with Crippen molar-refractivity contribution in [2.75, 3.05) is 19.6 Å². The topological polar surface area (TPSA) is 66.9 Å². The quantitative estimate of drug-likeness (QED) is 0.828. The van der Waals surface area contributed by atoms with Gasteiger partial charge >= 0.3 is 0 Å². The van der Waals surface area contributed by atoms with E-state index in [9.17, 15) is 4.79 Å². The van der Waals surface area contributed by atoms with Crippen LogP contribution in [0.1, 0.15) is 34.6 Å². The molecule has 2 heterocycles. The standard InChI is InChI=1S/C13H20N4O/c1-9-7-12(10(2)17-16-9)13(18)15-6-4-11-3-5-14-8-11/h7,11,14H,3-6,8H2,1-2H3,(H,15,18). The number of nitrogens with zero attached hydrogens (tertiary/aromatic N) is 2. The smallest absolute Gasteiger partial charge is 0.253 e. The minimum atomic E-state index is -0.0449. The molecule has 0 spiro atoms. The Balaban J connectivity index is 1.85. The van der Waals surface area contributed by atoms with E-state index in [0.29, 0.717) is 17.2 Å². The van der Waals surface area contributed by atoms with Crippen LogP contribution >= 0.6 is 0 Å². The van der Waals surface area contributed by atoms with Gasteiger partial charge in [0.1, 0.15) is 0 Å². The SMILES string of the molecule is Cc1cc(C(=O)NCCC2CCNC2)c(C)nn1. The van der Waals surface area contributed by atoms with Gasteiger partial charge in [-0.25, -0.2) is 0 Å². The third kappa shape index (κ3) is 3.26. The van der Waals surface area contributed by atoms with Crippen LogP contribution < -0.4 is 10.6 Å². The van der Waals surface area contributed by atoms with Gasteiger partial charge in [0.05, 0.1) is 17.0 Å². The summed E-state index contributed by atoms with van der Waals surface area (Å²) in [6.45, 7) is 6.55. The summed E-state index contributed by atoms with van der Waals surface area (Å²) in [5.74, 6) is 0.653. The Hall–Kier alpha value is -1.49. The highest BCUT2D eigenvalue weighted by Crippen LogP contribution is 2.11. The van der Waals surface area contributed by atoms with Crippen molar-refractivity contribution in [1.82, 2.24) is 20.8 Å². The van der Waals surface area contributed by atoms with Gasteiger partial charge in [0.2, 0.25) is 0 Å². The molecule has 1 atom stereocenters. The Morgan fingerprint density at radius 3 is 3.06 bits per heavy atom. The first-order valence-electron chi connectivity index (χ1n) is 6.46. The normalized spacial score (nSPS) is 18.9. The number of amides is 1. The third-order valence-corrected chi connectivity index (χ3v) is 3.35. The second-order valence-electron chi connectivity index (χ2n) is 4.89. The Morgan fingerprint density at radius 1 is 1.50 bits per heavy atom. The summed E-state index contributed by atoms with van der Waals surface area (Å²) in [7, 11) is 0. The molecule has 1 amide bonds. The van der Waals surface area contributed by atoms with Gasteiger partial charge in [-0.15, -0.1) is 0 Å². The molecule has 0 aliphatic carbocycles. The predicted molar refractivity (Wildman–Crippen MR) is 69.4 cm³/mol. The largest absolute Gasteiger partial charge is 0.352 e. The second-order valence-corrected chi connectivity index (χ2v) is 4.89. The Morgan fingerprint density at radius 2 is 2.33 bits per heavy atom. The van der Waals surface area contributed by atoms with Crippen LogP contribution in [0.5, 0.6) is 0 Å². The van der Waals surface area contributed by atoms with Crippen LogP contribution in [0.25, 0.3) is 0 Å². The Kier molecular flexibility index (Phi) is 4.25. The molecule has 18 heavy (non-hydrogen) atoms. The number of aryl methyl sites for hydroxylation is 2. The lowest BCUT2D eigenvalue weighted by Crippen LogP contribution is -2.27. The summed E-state index contributed by atoms with van der Waals surface area (Å²) in [5, 5.41) is 14.2. The van der Waals surface area contributed by atoms with Gasteiger partial charge in [-0.05, 0) is 51.8 Å². The molecule has 1 saturated heterocycles. The third-order valence-electron chi connectivity index (χ3n) is 3.35. The first-order valence-corrected chi connectivity index (χ1v) is 6.46. The maximum absolute atomic E-state index is 12.0. The predicted octanol–water partition coefficient (Wildman–Crippen LogP) is 0.823. The molecule has 2 rings (SSSR count). The molecule has 1 unspecified atom stereocenters. The average Bonchev–Trinajstić information content (AvgIpc) is 2.85. The van der Waals surface area contributed by atoms with Crippen LogP contribution in [0.3, 0.4) is 0 Å². The molecule has 0 bridgehead atoms. The molecular formula is C13H20N4O. The average molecular weight is 248 g/mol. The van der Waals surface area contributed by atoms with Crippen molar-refractivity contribution < 1.29 is 4.79 Å². The molecule has 5 nitrogen and oxygen atoms in total. The monoisotopic (exact) mass is 248 g/mol. The van der Waals surface area contributed by atoms with Crippen molar-refractivity contribution in [3.05, 3.63) is 23.0 Å². The first kappa shape index (κ1) is 13.0. The molecule has 98 valence electrons. The number of carbonyl (C=O) groups is 1. The number of rotatable bonds is 4. The Labute approximate surface area is 107 Å². The summed E-state index contributed by atoms with van der Waals surface area (Å²) < 4.78 is 0. The van der Waals surface area contributed by atoms with Gasteiger partial charge in [0.15, 0.2) is 0 Å². The van der Waals surface area contributed by atoms with E-state index in [2.05, 4.69) is 20.8 Å². The molecule has 0 saturated carbocycles. The number of hydrogen-bond donors (Lipinski definition) is 2. The fourth-order valence-corrected chi connectivity index (χ4v) is 2.23. The lowest BCUT2D eigenvalue weighted by Gasteiger charge is -2.10. The van der Waals surface area contributed by atoms with E-state index in [1.54, 1.807) is 6.07 Å². The second kappa shape index (κ2) is 5.91. The van der Waals surface area contributed by atoms with Crippen LogP contribution in [0.2, 0.25) is 0 Å². The molecule has 0 radical (unpaired) electrons. The van der Waals surface area contributed by atoms with Crippen LogP contribution in [0.4, 0.5) is 0 Å². The van der Waals surface area contributed by atoms with E-state index >= 15 is 0 Å². The zero-order chi connectivity index (χ0) is 13.0. The van der Waals surface area contributed by atoms with E-state index in [4.69, 9.17) is 0 Å². The fourth-order valence-electron chi connectivity index (χ4n) is 2.23. The van der Waals surface area contributed by atoms with Crippen molar-refractivity contribution in [3.63, 3.8) is 0 Å². The molecule has 2 N–H and O–H groups in total. The van der Waals surface area contributed by atoms with Gasteiger partial charge in [-0.3, -0.25) is 4.79 Å². The summed E-state index contributed by atoms with van der Waals surface area (Å²) in [4.78, 5) is 12.0. The van der Waals surface area contributed by atoms with Gasteiger partial charge in [-0.1, -0.05) is 0 Å². The molecule has 1 aliphatic heterocycles. The maximum Gasteiger partial charge on any atom is 0.253 e. The molecule has 1 aromatic heterocycles. The van der Waals surface area contributed by atoms with Crippen LogP contribution in [-0.4, -0.2) is 35.7 Å². The number of aromatic nitrogens is 2. The fraction of sp³-hybridized carbons (Fsp3) is 0.615. The highest BCUT2D eigenvalue weighted by Gasteiger charge is 2.15. The van der Waals surface area contributed by atoms with Gasteiger partial charge in [0, 0.05) is 6.54 Å². The number of nitrogens with one attached hydrogen (secondary N) is 2. The van der Waals surface area contributed by atoms with Crippen molar-refractivity contribution in [1.29, 1.82) is 0 Å². The molecule has 5 heteroatoms. The lowest BCUT2D eigenvalue weighted by atomic mass is 10.1. The van der Waals surface area contributed by atoms with E-state index in [0.717, 1.165) is 31.7 Å². The van der Waals surface area contributed by atoms with E-state index in [-0.39, 0.29) is 5.91 Å². The molecule has 1 aliphatic rings. The van der Waals surface area contributed by atoms with Crippen molar-refractivity contribution in [2.45, 2.75) is 26.7 Å². The minimum absolute atomic E-state index is 0.0449. The summed E-state index contributed by atoms with van der Waals surface area (Å²) in [5.41, 5.74) is 2.08. The maximum atomic E-state index is 12.0. The van der Waals surface area contributed by atoms with Gasteiger partial charge in [0.25, 0.3) is 5.91 Å². The van der Waals surface area contributed by atoms with E-state index in [1.165, 1.54) is 6.42 Å². The molecule has 1 fully saturated rings.